The molecule has 3 rings (SSSR count). The molecular formula is C18H19N5O. The van der Waals surface area contributed by atoms with E-state index in [0.717, 1.165) is 23.5 Å². The first kappa shape index (κ1) is 15.7. The predicted octanol–water partition coefficient (Wildman–Crippen LogP) is 3.29. The second-order valence-electron chi connectivity index (χ2n) is 5.35. The third kappa shape index (κ3) is 3.43. The molecular weight excluding hydrogens is 302 g/mol. The van der Waals surface area contributed by atoms with E-state index in [1.54, 1.807) is 18.3 Å². The van der Waals surface area contributed by atoms with Crippen LogP contribution in [0.5, 0.6) is 5.75 Å². The second kappa shape index (κ2) is 6.95. The van der Waals surface area contributed by atoms with Crippen LogP contribution in [0, 0.1) is 6.92 Å². The standard InChI is InChI=1S/C18H19N5O/c1-3-17-13(2)21-23(22-17)16-10-9-14(18(24)11-16)12-19-20-15-7-5-4-6-8-15/h4-12,20,24H,3H2,1-2H3. The summed E-state index contributed by atoms with van der Waals surface area (Å²) in [4.78, 5) is 1.54. The third-order valence-corrected chi connectivity index (χ3v) is 3.63. The maximum Gasteiger partial charge on any atom is 0.126 e. The van der Waals surface area contributed by atoms with E-state index >= 15 is 0 Å². The number of aromatic hydroxyl groups is 1. The van der Waals surface area contributed by atoms with Crippen molar-refractivity contribution in [1.82, 2.24) is 15.0 Å². The first-order valence-electron chi connectivity index (χ1n) is 7.77. The van der Waals surface area contributed by atoms with Crippen molar-refractivity contribution in [2.45, 2.75) is 20.3 Å². The normalized spacial score (nSPS) is 11.1. The zero-order valence-corrected chi connectivity index (χ0v) is 13.6. The molecule has 0 unspecified atom stereocenters. The molecule has 0 amide bonds. The lowest BCUT2D eigenvalue weighted by atomic mass is 10.2. The number of benzene rings is 2. The fourth-order valence-electron chi connectivity index (χ4n) is 2.31. The van der Waals surface area contributed by atoms with Gasteiger partial charge in [-0.2, -0.15) is 20.1 Å². The minimum atomic E-state index is 0.124. The van der Waals surface area contributed by atoms with E-state index in [1.807, 2.05) is 50.2 Å². The Balaban J connectivity index is 1.77. The van der Waals surface area contributed by atoms with Crippen molar-refractivity contribution in [1.29, 1.82) is 0 Å². The van der Waals surface area contributed by atoms with Crippen LogP contribution in [0.25, 0.3) is 5.69 Å². The minimum absolute atomic E-state index is 0.124. The molecule has 0 fully saturated rings. The Hall–Kier alpha value is -3.15. The highest BCUT2D eigenvalue weighted by atomic mass is 16.3. The molecule has 0 saturated heterocycles. The lowest BCUT2D eigenvalue weighted by Crippen LogP contribution is -2.00. The smallest absolute Gasteiger partial charge is 0.126 e. The second-order valence-corrected chi connectivity index (χ2v) is 5.35. The van der Waals surface area contributed by atoms with Crippen LogP contribution in [0.15, 0.2) is 53.6 Å². The fraction of sp³-hybridized carbons (Fsp3) is 0.167. The zero-order valence-electron chi connectivity index (χ0n) is 13.6. The number of aryl methyl sites for hydroxylation is 2. The summed E-state index contributed by atoms with van der Waals surface area (Å²) in [6, 6.07) is 14.9. The van der Waals surface area contributed by atoms with Crippen LogP contribution in [-0.2, 0) is 6.42 Å². The van der Waals surface area contributed by atoms with Crippen LogP contribution in [-0.4, -0.2) is 26.3 Å². The van der Waals surface area contributed by atoms with Gasteiger partial charge in [0, 0.05) is 11.6 Å². The number of anilines is 1. The summed E-state index contributed by atoms with van der Waals surface area (Å²) in [6.07, 6.45) is 2.40. The number of aromatic nitrogens is 3. The summed E-state index contributed by atoms with van der Waals surface area (Å²) in [5, 5.41) is 23.1. The first-order valence-corrected chi connectivity index (χ1v) is 7.77. The highest BCUT2D eigenvalue weighted by molar-refractivity contribution is 5.84. The Morgan fingerprint density at radius 3 is 2.62 bits per heavy atom. The first-order chi connectivity index (χ1) is 11.7. The molecule has 1 aromatic heterocycles. The number of rotatable bonds is 5. The van der Waals surface area contributed by atoms with E-state index in [-0.39, 0.29) is 5.75 Å². The molecule has 6 nitrogen and oxygen atoms in total. The zero-order chi connectivity index (χ0) is 16.9. The van der Waals surface area contributed by atoms with E-state index in [2.05, 4.69) is 20.7 Å². The summed E-state index contributed by atoms with van der Waals surface area (Å²) in [7, 11) is 0. The number of hydrogen-bond donors (Lipinski definition) is 2. The number of hydrazone groups is 1. The summed E-state index contributed by atoms with van der Waals surface area (Å²) in [5.41, 5.74) is 6.97. The molecule has 0 saturated carbocycles. The number of nitrogens with one attached hydrogen (secondary N) is 1. The van der Waals surface area contributed by atoms with Gasteiger partial charge < -0.3 is 5.11 Å². The summed E-state index contributed by atoms with van der Waals surface area (Å²) >= 11 is 0. The molecule has 0 spiro atoms. The van der Waals surface area contributed by atoms with Gasteiger partial charge in [0.15, 0.2) is 0 Å². The van der Waals surface area contributed by atoms with E-state index in [4.69, 9.17) is 0 Å². The van der Waals surface area contributed by atoms with Gasteiger partial charge in [-0.15, -0.1) is 0 Å². The Morgan fingerprint density at radius 1 is 1.17 bits per heavy atom. The number of phenols is 1. The molecule has 122 valence electrons. The third-order valence-electron chi connectivity index (χ3n) is 3.63. The van der Waals surface area contributed by atoms with Gasteiger partial charge in [0.1, 0.15) is 5.75 Å². The largest absolute Gasteiger partial charge is 0.507 e. The fourth-order valence-corrected chi connectivity index (χ4v) is 2.31. The van der Waals surface area contributed by atoms with Gasteiger partial charge in [0.05, 0.1) is 29.0 Å². The minimum Gasteiger partial charge on any atom is -0.507 e. The quantitative estimate of drug-likeness (QED) is 0.558. The highest BCUT2D eigenvalue weighted by Gasteiger charge is 2.08. The lowest BCUT2D eigenvalue weighted by Gasteiger charge is -2.04. The molecule has 0 bridgehead atoms. The van der Waals surface area contributed by atoms with Crippen molar-refractivity contribution in [3.05, 3.63) is 65.5 Å². The molecule has 0 aliphatic carbocycles. The molecule has 1 heterocycles. The molecule has 0 radical (unpaired) electrons. The Kier molecular flexibility index (Phi) is 4.56. The maximum atomic E-state index is 10.2. The predicted molar refractivity (Wildman–Crippen MR) is 94.8 cm³/mol. The van der Waals surface area contributed by atoms with Gasteiger partial charge in [-0.1, -0.05) is 25.1 Å². The molecule has 6 heteroatoms. The number of para-hydroxylation sites is 1. The van der Waals surface area contributed by atoms with Gasteiger partial charge in [-0.25, -0.2) is 0 Å². The van der Waals surface area contributed by atoms with Crippen molar-refractivity contribution in [3.63, 3.8) is 0 Å². The van der Waals surface area contributed by atoms with Crippen LogP contribution < -0.4 is 5.43 Å². The molecule has 0 atom stereocenters. The molecule has 3 aromatic rings. The molecule has 24 heavy (non-hydrogen) atoms. The topological polar surface area (TPSA) is 75.3 Å². The van der Waals surface area contributed by atoms with Gasteiger partial charge in [-0.05, 0) is 37.6 Å². The van der Waals surface area contributed by atoms with E-state index in [9.17, 15) is 5.11 Å². The van der Waals surface area contributed by atoms with Crippen LogP contribution >= 0.6 is 0 Å². The highest BCUT2D eigenvalue weighted by Crippen LogP contribution is 2.20. The van der Waals surface area contributed by atoms with Gasteiger partial charge in [-0.3, -0.25) is 5.43 Å². The number of phenolic OH excluding ortho intramolecular Hbond substituents is 1. The van der Waals surface area contributed by atoms with E-state index < -0.39 is 0 Å². The van der Waals surface area contributed by atoms with E-state index in [0.29, 0.717) is 11.3 Å². The van der Waals surface area contributed by atoms with Gasteiger partial charge >= 0.3 is 0 Å². The average Bonchev–Trinajstić information content (AvgIpc) is 2.98. The van der Waals surface area contributed by atoms with Gasteiger partial charge in [0.25, 0.3) is 0 Å². The van der Waals surface area contributed by atoms with Crippen LogP contribution in [0.4, 0.5) is 5.69 Å². The van der Waals surface area contributed by atoms with Crippen molar-refractivity contribution < 1.29 is 5.11 Å². The lowest BCUT2D eigenvalue weighted by molar-refractivity contribution is 0.473. The molecule has 0 aliphatic rings. The van der Waals surface area contributed by atoms with Crippen molar-refractivity contribution >= 4 is 11.9 Å². The Bertz CT molecular complexity index is 855. The number of nitrogens with zero attached hydrogens (tertiary/aromatic N) is 4. The van der Waals surface area contributed by atoms with Crippen LogP contribution in [0.2, 0.25) is 0 Å². The molecule has 0 aliphatic heterocycles. The van der Waals surface area contributed by atoms with Crippen LogP contribution in [0.1, 0.15) is 23.9 Å². The molecule has 2 aromatic carbocycles. The summed E-state index contributed by atoms with van der Waals surface area (Å²) in [5.74, 6) is 0.124. The SMILES string of the molecule is CCc1nn(-c2ccc(C=NNc3ccccc3)c(O)c2)nc1C. The monoisotopic (exact) mass is 321 g/mol. The van der Waals surface area contributed by atoms with Gasteiger partial charge in [0.2, 0.25) is 0 Å². The summed E-state index contributed by atoms with van der Waals surface area (Å²) in [6.45, 7) is 3.97. The van der Waals surface area contributed by atoms with Crippen molar-refractivity contribution in [3.8, 4) is 11.4 Å². The van der Waals surface area contributed by atoms with E-state index in [1.165, 1.54) is 4.80 Å². The Labute approximate surface area is 140 Å². The maximum absolute atomic E-state index is 10.2. The molecule has 2 N–H and O–H groups in total. The average molecular weight is 321 g/mol. The summed E-state index contributed by atoms with van der Waals surface area (Å²) < 4.78 is 0. The van der Waals surface area contributed by atoms with Crippen molar-refractivity contribution in [2.24, 2.45) is 5.10 Å². The van der Waals surface area contributed by atoms with Crippen LogP contribution in [0.3, 0.4) is 0 Å². The van der Waals surface area contributed by atoms with Crippen molar-refractivity contribution in [2.75, 3.05) is 5.43 Å². The number of hydrogen-bond acceptors (Lipinski definition) is 5. The Morgan fingerprint density at radius 2 is 1.96 bits per heavy atom.